The number of halogens is 2. The zero-order chi connectivity index (χ0) is 15.2. The quantitative estimate of drug-likeness (QED) is 0.795. The largest absolute Gasteiger partial charge is 0.492 e. The van der Waals surface area contributed by atoms with Crippen molar-refractivity contribution in [2.75, 3.05) is 20.2 Å². The molecule has 1 amide bonds. The summed E-state index contributed by atoms with van der Waals surface area (Å²) in [5, 5.41) is 0. The number of hydrogen-bond donors (Lipinski definition) is 0. The molecule has 1 heterocycles. The molecule has 0 unspecified atom stereocenters. The van der Waals surface area contributed by atoms with Crippen molar-refractivity contribution >= 4 is 5.91 Å². The minimum absolute atomic E-state index is 0.266. The van der Waals surface area contributed by atoms with Crippen molar-refractivity contribution in [1.29, 1.82) is 0 Å². The minimum atomic E-state index is -0.631. The average Bonchev–Trinajstić information content (AvgIpc) is 2.49. The molecule has 1 aromatic carbocycles. The van der Waals surface area contributed by atoms with Crippen molar-refractivity contribution < 1.29 is 18.3 Å². The van der Waals surface area contributed by atoms with Gasteiger partial charge < -0.3 is 9.64 Å². The fourth-order valence-corrected chi connectivity index (χ4v) is 1.66. The van der Waals surface area contributed by atoms with Crippen LogP contribution in [0.15, 0.2) is 42.6 Å². The van der Waals surface area contributed by atoms with Gasteiger partial charge in [0, 0.05) is 13.2 Å². The number of pyridine rings is 1. The number of carbonyl (C=O) groups is 1. The lowest BCUT2D eigenvalue weighted by Gasteiger charge is -2.17. The standard InChI is InChI=1S/C15H14F2N2O2/c1-19(15(20)11-2-7-14(17)18-10-11)8-9-21-13-5-3-12(16)4-6-13/h2-7,10H,8-9H2,1H3. The molecule has 0 spiro atoms. The number of carbonyl (C=O) groups excluding carboxylic acids is 1. The van der Waals surface area contributed by atoms with Gasteiger partial charge in [-0.1, -0.05) is 0 Å². The zero-order valence-corrected chi connectivity index (χ0v) is 11.4. The number of ether oxygens (including phenoxy) is 1. The van der Waals surface area contributed by atoms with Crippen LogP contribution in [0.3, 0.4) is 0 Å². The second-order valence-corrected chi connectivity index (χ2v) is 4.40. The first-order valence-corrected chi connectivity index (χ1v) is 6.31. The zero-order valence-electron chi connectivity index (χ0n) is 11.4. The molecule has 0 bridgehead atoms. The first kappa shape index (κ1) is 14.9. The van der Waals surface area contributed by atoms with E-state index in [0.717, 1.165) is 6.07 Å². The molecule has 0 N–H and O–H groups in total. The van der Waals surface area contributed by atoms with Gasteiger partial charge in [0.1, 0.15) is 18.2 Å². The molecule has 0 atom stereocenters. The summed E-state index contributed by atoms with van der Waals surface area (Å²) in [6, 6.07) is 8.14. The molecule has 4 nitrogen and oxygen atoms in total. The first-order valence-electron chi connectivity index (χ1n) is 6.31. The highest BCUT2D eigenvalue weighted by Crippen LogP contribution is 2.11. The van der Waals surface area contributed by atoms with Crippen molar-refractivity contribution in [1.82, 2.24) is 9.88 Å². The minimum Gasteiger partial charge on any atom is -0.492 e. The number of benzene rings is 1. The third-order valence-electron chi connectivity index (χ3n) is 2.83. The third kappa shape index (κ3) is 4.24. The Morgan fingerprint density at radius 2 is 1.90 bits per heavy atom. The van der Waals surface area contributed by atoms with E-state index in [1.54, 1.807) is 7.05 Å². The van der Waals surface area contributed by atoms with Crippen LogP contribution in [0.4, 0.5) is 8.78 Å². The van der Waals surface area contributed by atoms with Crippen LogP contribution in [-0.4, -0.2) is 36.0 Å². The summed E-state index contributed by atoms with van der Waals surface area (Å²) in [7, 11) is 1.61. The molecule has 0 radical (unpaired) electrons. The number of hydrogen-bond acceptors (Lipinski definition) is 3. The van der Waals surface area contributed by atoms with Gasteiger partial charge in [-0.05, 0) is 36.4 Å². The van der Waals surface area contributed by atoms with Gasteiger partial charge in [-0.25, -0.2) is 9.37 Å². The molecule has 0 saturated heterocycles. The lowest BCUT2D eigenvalue weighted by Crippen LogP contribution is -2.31. The number of likely N-dealkylation sites (N-methyl/N-ethyl adjacent to an activating group) is 1. The predicted octanol–water partition coefficient (Wildman–Crippen LogP) is 2.51. The van der Waals surface area contributed by atoms with Crippen LogP contribution in [0.2, 0.25) is 0 Å². The fourth-order valence-electron chi connectivity index (χ4n) is 1.66. The van der Waals surface area contributed by atoms with Gasteiger partial charge in [0.2, 0.25) is 5.95 Å². The van der Waals surface area contributed by atoms with Crippen LogP contribution in [0, 0.1) is 11.8 Å². The molecule has 6 heteroatoms. The van der Waals surface area contributed by atoms with Gasteiger partial charge >= 0.3 is 0 Å². The van der Waals surface area contributed by atoms with Gasteiger partial charge in [-0.3, -0.25) is 4.79 Å². The SMILES string of the molecule is CN(CCOc1ccc(F)cc1)C(=O)c1ccc(F)nc1. The molecule has 21 heavy (non-hydrogen) atoms. The van der Waals surface area contributed by atoms with Crippen molar-refractivity contribution in [2.24, 2.45) is 0 Å². The van der Waals surface area contributed by atoms with Gasteiger partial charge in [-0.2, -0.15) is 4.39 Å². The first-order chi connectivity index (χ1) is 10.1. The van der Waals surface area contributed by atoms with Gasteiger partial charge in [0.05, 0.1) is 12.1 Å². The number of rotatable bonds is 5. The molecule has 2 aromatic rings. The van der Waals surface area contributed by atoms with E-state index in [4.69, 9.17) is 4.74 Å². The van der Waals surface area contributed by atoms with E-state index in [9.17, 15) is 13.6 Å². The van der Waals surface area contributed by atoms with Crippen molar-refractivity contribution in [3.63, 3.8) is 0 Å². The molecule has 2 rings (SSSR count). The Morgan fingerprint density at radius 1 is 1.19 bits per heavy atom. The third-order valence-corrected chi connectivity index (χ3v) is 2.83. The van der Waals surface area contributed by atoms with Crippen molar-refractivity contribution in [3.8, 4) is 5.75 Å². The molecule has 0 aliphatic heterocycles. The number of aromatic nitrogens is 1. The van der Waals surface area contributed by atoms with E-state index in [1.807, 2.05) is 0 Å². The highest BCUT2D eigenvalue weighted by molar-refractivity contribution is 5.93. The van der Waals surface area contributed by atoms with Crippen molar-refractivity contribution in [2.45, 2.75) is 0 Å². The van der Waals surface area contributed by atoms with Crippen LogP contribution in [0.1, 0.15) is 10.4 Å². The summed E-state index contributed by atoms with van der Waals surface area (Å²) < 4.78 is 30.8. The van der Waals surface area contributed by atoms with E-state index < -0.39 is 5.95 Å². The lowest BCUT2D eigenvalue weighted by atomic mass is 10.2. The number of amides is 1. The molecule has 0 aliphatic carbocycles. The Kier molecular flexibility index (Phi) is 4.81. The molecular formula is C15H14F2N2O2. The van der Waals surface area contributed by atoms with Gasteiger partial charge in [-0.15, -0.1) is 0 Å². The Hall–Kier alpha value is -2.50. The van der Waals surface area contributed by atoms with Gasteiger partial charge in [0.15, 0.2) is 0 Å². The van der Waals surface area contributed by atoms with Crippen molar-refractivity contribution in [3.05, 3.63) is 59.9 Å². The van der Waals surface area contributed by atoms with E-state index in [2.05, 4.69) is 4.98 Å². The Balaban J connectivity index is 1.83. The van der Waals surface area contributed by atoms with E-state index in [1.165, 1.54) is 41.4 Å². The van der Waals surface area contributed by atoms with E-state index in [-0.39, 0.29) is 18.3 Å². The van der Waals surface area contributed by atoms with Crippen LogP contribution >= 0.6 is 0 Å². The second-order valence-electron chi connectivity index (χ2n) is 4.40. The van der Waals surface area contributed by atoms with E-state index in [0.29, 0.717) is 17.9 Å². The maximum absolute atomic E-state index is 12.7. The molecule has 0 aliphatic rings. The predicted molar refractivity (Wildman–Crippen MR) is 73.1 cm³/mol. The summed E-state index contributed by atoms with van der Waals surface area (Å²) in [5.74, 6) is -0.710. The molecule has 110 valence electrons. The summed E-state index contributed by atoms with van der Waals surface area (Å²) >= 11 is 0. The smallest absolute Gasteiger partial charge is 0.255 e. The summed E-state index contributed by atoms with van der Waals surface area (Å²) in [6.45, 7) is 0.607. The molecule has 0 saturated carbocycles. The average molecular weight is 292 g/mol. The monoisotopic (exact) mass is 292 g/mol. The Labute approximate surface area is 121 Å². The van der Waals surface area contributed by atoms with Gasteiger partial charge in [0.25, 0.3) is 5.91 Å². The second kappa shape index (κ2) is 6.78. The summed E-state index contributed by atoms with van der Waals surface area (Å²) in [4.78, 5) is 16.9. The van der Waals surface area contributed by atoms with Crippen LogP contribution in [-0.2, 0) is 0 Å². The van der Waals surface area contributed by atoms with Crippen LogP contribution in [0.5, 0.6) is 5.75 Å². The lowest BCUT2D eigenvalue weighted by molar-refractivity contribution is 0.0773. The highest BCUT2D eigenvalue weighted by atomic mass is 19.1. The fraction of sp³-hybridized carbons (Fsp3) is 0.200. The van der Waals surface area contributed by atoms with Crippen LogP contribution < -0.4 is 4.74 Å². The summed E-state index contributed by atoms with van der Waals surface area (Å²) in [6.07, 6.45) is 1.19. The van der Waals surface area contributed by atoms with Crippen LogP contribution in [0.25, 0.3) is 0 Å². The number of nitrogens with zero attached hydrogens (tertiary/aromatic N) is 2. The topological polar surface area (TPSA) is 42.4 Å². The molecular weight excluding hydrogens is 278 g/mol. The summed E-state index contributed by atoms with van der Waals surface area (Å²) in [5.41, 5.74) is 0.306. The normalized spacial score (nSPS) is 10.2. The van der Waals surface area contributed by atoms with E-state index >= 15 is 0 Å². The molecule has 1 aromatic heterocycles. The Morgan fingerprint density at radius 3 is 2.52 bits per heavy atom. The molecule has 0 fully saturated rings. The highest BCUT2D eigenvalue weighted by Gasteiger charge is 2.12. The Bertz CT molecular complexity index is 600. The maximum atomic E-state index is 12.7. The maximum Gasteiger partial charge on any atom is 0.255 e.